The molecule has 0 aliphatic heterocycles. The number of aliphatic hydroxyl groups is 1. The molecule has 8 nitrogen and oxygen atoms in total. The lowest BCUT2D eigenvalue weighted by Crippen LogP contribution is -2.50. The van der Waals surface area contributed by atoms with Gasteiger partial charge in [0.25, 0.3) is 0 Å². The van der Waals surface area contributed by atoms with Crippen LogP contribution in [0.5, 0.6) is 0 Å². The van der Waals surface area contributed by atoms with Gasteiger partial charge in [-0.2, -0.15) is 0 Å². The monoisotopic (exact) mass is 496 g/mol. The van der Waals surface area contributed by atoms with Crippen LogP contribution in [0.1, 0.15) is 22.4 Å². The highest BCUT2D eigenvalue weighted by atomic mass is 32.1. The second-order valence-corrected chi connectivity index (χ2v) is 9.49. The Hall–Kier alpha value is -3.43. The van der Waals surface area contributed by atoms with Gasteiger partial charge in [0.05, 0.1) is 22.5 Å². The van der Waals surface area contributed by atoms with Crippen molar-refractivity contribution in [2.24, 2.45) is 0 Å². The highest BCUT2D eigenvalue weighted by Gasteiger charge is 2.27. The number of urea groups is 1. The Balaban J connectivity index is 1.71. The summed E-state index contributed by atoms with van der Waals surface area (Å²) >= 11 is 1.40. The predicted octanol–water partition coefficient (Wildman–Crippen LogP) is 3.61. The summed E-state index contributed by atoms with van der Waals surface area (Å²) in [6.07, 6.45) is 1.32. The van der Waals surface area contributed by atoms with E-state index in [9.17, 15) is 14.7 Å². The van der Waals surface area contributed by atoms with Crippen LogP contribution >= 0.6 is 11.3 Å². The van der Waals surface area contributed by atoms with Gasteiger partial charge in [-0.05, 0) is 30.4 Å². The van der Waals surface area contributed by atoms with Crippen LogP contribution in [0.4, 0.5) is 9.59 Å². The minimum atomic E-state index is -0.928. The van der Waals surface area contributed by atoms with Crippen LogP contribution in [0.15, 0.2) is 72.4 Å². The van der Waals surface area contributed by atoms with Crippen LogP contribution < -0.4 is 10.6 Å². The number of alkyl carbamates (subject to hydrolysis) is 1. The summed E-state index contributed by atoms with van der Waals surface area (Å²) in [5.74, 6) is 0. The number of carbonyl (C=O) groups excluding carboxylic acids is 2. The molecule has 0 aliphatic rings. The number of benzene rings is 2. The number of nitrogens with zero attached hydrogens (tertiary/aromatic N) is 2. The van der Waals surface area contributed by atoms with Crippen LogP contribution in [0, 0.1) is 0 Å². The number of aliphatic hydroxyl groups excluding tert-OH is 1. The first-order valence-corrected chi connectivity index (χ1v) is 12.3. The number of ether oxygens (including phenoxy) is 1. The van der Waals surface area contributed by atoms with E-state index < -0.39 is 18.2 Å². The van der Waals surface area contributed by atoms with Crippen molar-refractivity contribution >= 4 is 23.5 Å². The van der Waals surface area contributed by atoms with Crippen molar-refractivity contribution in [1.82, 2.24) is 20.5 Å². The molecule has 0 saturated carbocycles. The molecular weight excluding hydrogens is 464 g/mol. The van der Waals surface area contributed by atoms with E-state index in [1.54, 1.807) is 25.8 Å². The van der Waals surface area contributed by atoms with Crippen molar-refractivity contribution in [2.45, 2.75) is 44.1 Å². The number of amides is 3. The van der Waals surface area contributed by atoms with Gasteiger partial charge in [0.15, 0.2) is 0 Å². The number of aromatic nitrogens is 1. The molecule has 9 heteroatoms. The first-order chi connectivity index (χ1) is 16.9. The van der Waals surface area contributed by atoms with Crippen molar-refractivity contribution in [3.8, 4) is 0 Å². The Bertz CT molecular complexity index is 1030. The smallest absolute Gasteiger partial charge is 0.407 e. The standard InChI is InChI=1S/C26H32N4O4S/c1-30(2)25(32)28-21(13-19-9-5-3-6-10-19)15-24(31)23(14-20-11-7-4-8-12-20)29-26(33)34-17-22-16-27-18-35-22/h3-12,16,18,21,23-24,31H,13-15,17H2,1-2H3,(H,28,32)(H,29,33)/t21-,23-,24-/m0/s1. The maximum Gasteiger partial charge on any atom is 0.407 e. The molecule has 0 aliphatic carbocycles. The molecule has 0 fully saturated rings. The number of thiazole rings is 1. The summed E-state index contributed by atoms with van der Waals surface area (Å²) in [4.78, 5) is 31.2. The van der Waals surface area contributed by atoms with Gasteiger partial charge >= 0.3 is 12.1 Å². The maximum atomic E-state index is 12.6. The molecule has 35 heavy (non-hydrogen) atoms. The van der Waals surface area contributed by atoms with Crippen LogP contribution in [-0.2, 0) is 24.2 Å². The summed E-state index contributed by atoms with van der Waals surface area (Å²) < 4.78 is 5.33. The molecular formula is C26H32N4O4S. The zero-order valence-electron chi connectivity index (χ0n) is 20.0. The first kappa shape index (κ1) is 26.2. The Kier molecular flexibility index (Phi) is 10.1. The fraction of sp³-hybridized carbons (Fsp3) is 0.346. The molecule has 3 N–H and O–H groups in total. The molecule has 0 bridgehead atoms. The molecule has 186 valence electrons. The van der Waals surface area contributed by atoms with Crippen molar-refractivity contribution in [3.63, 3.8) is 0 Å². The molecule has 1 heterocycles. The van der Waals surface area contributed by atoms with Gasteiger partial charge in [0.2, 0.25) is 0 Å². The molecule has 3 atom stereocenters. The molecule has 1 aromatic heterocycles. The first-order valence-electron chi connectivity index (χ1n) is 11.4. The number of nitrogens with one attached hydrogen (secondary N) is 2. The van der Waals surface area contributed by atoms with E-state index in [2.05, 4.69) is 15.6 Å². The number of hydrogen-bond acceptors (Lipinski definition) is 6. The van der Waals surface area contributed by atoms with Crippen LogP contribution in [-0.4, -0.2) is 59.4 Å². The maximum absolute atomic E-state index is 12.6. The SMILES string of the molecule is CN(C)C(=O)N[C@@H](Cc1ccccc1)C[C@H](O)[C@H](Cc1ccccc1)NC(=O)OCc1cncs1. The Morgan fingerprint density at radius 2 is 1.63 bits per heavy atom. The van der Waals surface area contributed by atoms with Crippen molar-refractivity contribution in [2.75, 3.05) is 14.1 Å². The van der Waals surface area contributed by atoms with Gasteiger partial charge in [-0.3, -0.25) is 4.98 Å². The molecule has 3 amide bonds. The number of carbonyl (C=O) groups is 2. The molecule has 0 unspecified atom stereocenters. The fourth-order valence-corrected chi connectivity index (χ4v) is 4.15. The normalized spacial score (nSPS) is 13.3. The van der Waals surface area contributed by atoms with E-state index >= 15 is 0 Å². The summed E-state index contributed by atoms with van der Waals surface area (Å²) in [5, 5.41) is 17.0. The van der Waals surface area contributed by atoms with E-state index in [4.69, 9.17) is 4.74 Å². The molecule has 2 aromatic carbocycles. The minimum Gasteiger partial charge on any atom is -0.444 e. The van der Waals surface area contributed by atoms with E-state index in [0.29, 0.717) is 12.8 Å². The lowest BCUT2D eigenvalue weighted by Gasteiger charge is -2.29. The van der Waals surface area contributed by atoms with Gasteiger partial charge in [-0.25, -0.2) is 9.59 Å². The predicted molar refractivity (Wildman–Crippen MR) is 136 cm³/mol. The molecule has 3 rings (SSSR count). The summed E-state index contributed by atoms with van der Waals surface area (Å²) in [6.45, 7) is 0.111. The lowest BCUT2D eigenvalue weighted by atomic mass is 9.93. The second-order valence-electron chi connectivity index (χ2n) is 8.52. The Morgan fingerprint density at radius 1 is 1.00 bits per heavy atom. The third kappa shape index (κ3) is 9.03. The Morgan fingerprint density at radius 3 is 2.20 bits per heavy atom. The average Bonchev–Trinajstić information content (AvgIpc) is 3.37. The average molecular weight is 497 g/mol. The number of rotatable bonds is 11. The van der Waals surface area contributed by atoms with Crippen LogP contribution in [0.25, 0.3) is 0 Å². The quantitative estimate of drug-likeness (QED) is 0.376. The molecule has 0 spiro atoms. The largest absolute Gasteiger partial charge is 0.444 e. The van der Waals surface area contributed by atoms with Crippen LogP contribution in [0.2, 0.25) is 0 Å². The van der Waals surface area contributed by atoms with E-state index in [1.807, 2.05) is 60.7 Å². The summed E-state index contributed by atoms with van der Waals surface area (Å²) in [5.41, 5.74) is 3.68. The number of hydrogen-bond donors (Lipinski definition) is 3. The van der Waals surface area contributed by atoms with Gasteiger partial charge in [0, 0.05) is 26.3 Å². The van der Waals surface area contributed by atoms with Crippen molar-refractivity contribution in [1.29, 1.82) is 0 Å². The van der Waals surface area contributed by atoms with Gasteiger partial charge in [-0.1, -0.05) is 60.7 Å². The molecule has 0 saturated heterocycles. The molecule has 3 aromatic rings. The second kappa shape index (κ2) is 13.5. The minimum absolute atomic E-state index is 0.111. The molecule has 0 radical (unpaired) electrons. The summed E-state index contributed by atoms with van der Waals surface area (Å²) in [6, 6.07) is 18.2. The zero-order chi connectivity index (χ0) is 25.0. The van der Waals surface area contributed by atoms with Crippen molar-refractivity contribution < 1.29 is 19.4 Å². The van der Waals surface area contributed by atoms with Crippen molar-refractivity contribution in [3.05, 3.63) is 88.4 Å². The zero-order valence-corrected chi connectivity index (χ0v) is 20.8. The third-order valence-electron chi connectivity index (χ3n) is 5.48. The topological polar surface area (TPSA) is 104 Å². The summed E-state index contributed by atoms with van der Waals surface area (Å²) in [7, 11) is 3.34. The van der Waals surface area contributed by atoms with E-state index in [1.165, 1.54) is 16.2 Å². The fourth-order valence-electron chi connectivity index (χ4n) is 3.65. The van der Waals surface area contributed by atoms with E-state index in [0.717, 1.165) is 16.0 Å². The van der Waals surface area contributed by atoms with Gasteiger partial charge in [-0.15, -0.1) is 11.3 Å². The third-order valence-corrected chi connectivity index (χ3v) is 6.23. The van der Waals surface area contributed by atoms with E-state index in [-0.39, 0.29) is 25.1 Å². The highest BCUT2D eigenvalue weighted by Crippen LogP contribution is 2.15. The van der Waals surface area contributed by atoms with Gasteiger partial charge < -0.3 is 25.4 Å². The highest BCUT2D eigenvalue weighted by molar-refractivity contribution is 7.09. The van der Waals surface area contributed by atoms with Gasteiger partial charge in [0.1, 0.15) is 6.61 Å². The lowest BCUT2D eigenvalue weighted by molar-refractivity contribution is 0.0897. The van der Waals surface area contributed by atoms with Crippen LogP contribution in [0.3, 0.4) is 0 Å². The Labute approximate surface area is 210 Å².